The van der Waals surface area contributed by atoms with Crippen LogP contribution in [0.4, 0.5) is 0 Å². The molecule has 1 heterocycles. The molecule has 2 rings (SSSR count). The van der Waals surface area contributed by atoms with Gasteiger partial charge < -0.3 is 5.11 Å². The van der Waals surface area contributed by atoms with Crippen molar-refractivity contribution in [1.82, 2.24) is 15.1 Å². The van der Waals surface area contributed by atoms with Crippen LogP contribution in [0.5, 0.6) is 0 Å². The average molecular weight is 205 g/mol. The van der Waals surface area contributed by atoms with E-state index in [1.54, 1.807) is 0 Å². The summed E-state index contributed by atoms with van der Waals surface area (Å²) in [6.45, 7) is 1.74. The Bertz CT molecular complexity index is 438. The van der Waals surface area contributed by atoms with Gasteiger partial charge in [0.1, 0.15) is 0 Å². The molecule has 0 bridgehead atoms. The molecule has 80 valence electrons. The van der Waals surface area contributed by atoms with Crippen molar-refractivity contribution >= 4 is 10.9 Å². The van der Waals surface area contributed by atoms with Gasteiger partial charge in [-0.2, -0.15) is 5.10 Å². The first-order valence-corrected chi connectivity index (χ1v) is 5.01. The van der Waals surface area contributed by atoms with Crippen LogP contribution < -0.4 is 0 Å². The Morgan fingerprint density at radius 1 is 1.47 bits per heavy atom. The second-order valence-corrected chi connectivity index (χ2v) is 3.75. The monoisotopic (exact) mass is 205 g/mol. The molecule has 0 atom stereocenters. The number of rotatable bonds is 4. The van der Waals surface area contributed by atoms with E-state index in [0.717, 1.165) is 17.4 Å². The van der Waals surface area contributed by atoms with Gasteiger partial charge >= 0.3 is 0 Å². The average Bonchev–Trinajstić information content (AvgIpc) is 2.65. The molecular formula is C11H15N3O. The number of fused-ring (bicyclic) bond motifs is 1. The van der Waals surface area contributed by atoms with E-state index >= 15 is 0 Å². The van der Waals surface area contributed by atoms with Crippen molar-refractivity contribution in [3.05, 3.63) is 30.0 Å². The smallest absolute Gasteiger partial charge is 0.0653 e. The number of aromatic nitrogens is 2. The summed E-state index contributed by atoms with van der Waals surface area (Å²) in [5.41, 5.74) is 2.28. The lowest BCUT2D eigenvalue weighted by atomic mass is 10.1. The highest BCUT2D eigenvalue weighted by Crippen LogP contribution is 2.13. The highest BCUT2D eigenvalue weighted by molar-refractivity contribution is 5.78. The van der Waals surface area contributed by atoms with Gasteiger partial charge in [0, 0.05) is 18.5 Å². The SMILES string of the molecule is CN(CCO)Cc1ccc2cn[nH]c2c1. The van der Waals surface area contributed by atoms with Gasteiger partial charge in [0.25, 0.3) is 0 Å². The van der Waals surface area contributed by atoms with Crippen molar-refractivity contribution in [1.29, 1.82) is 0 Å². The van der Waals surface area contributed by atoms with Crippen LogP contribution in [-0.4, -0.2) is 40.4 Å². The topological polar surface area (TPSA) is 52.1 Å². The van der Waals surface area contributed by atoms with Crippen molar-refractivity contribution in [2.24, 2.45) is 0 Å². The van der Waals surface area contributed by atoms with Crippen LogP contribution in [0.1, 0.15) is 5.56 Å². The molecular weight excluding hydrogens is 190 g/mol. The van der Waals surface area contributed by atoms with Crippen molar-refractivity contribution < 1.29 is 5.11 Å². The number of aromatic amines is 1. The molecule has 0 aliphatic carbocycles. The molecule has 4 nitrogen and oxygen atoms in total. The van der Waals surface area contributed by atoms with E-state index in [1.807, 2.05) is 13.2 Å². The van der Waals surface area contributed by atoms with Crippen molar-refractivity contribution in [2.45, 2.75) is 6.54 Å². The van der Waals surface area contributed by atoms with Crippen LogP contribution in [0.2, 0.25) is 0 Å². The fraction of sp³-hybridized carbons (Fsp3) is 0.364. The summed E-state index contributed by atoms with van der Waals surface area (Å²) < 4.78 is 0. The number of hydrogen-bond acceptors (Lipinski definition) is 3. The van der Waals surface area contributed by atoms with Gasteiger partial charge in [-0.15, -0.1) is 0 Å². The maximum atomic E-state index is 8.80. The quantitative estimate of drug-likeness (QED) is 0.782. The number of benzene rings is 1. The van der Waals surface area contributed by atoms with E-state index in [1.165, 1.54) is 5.56 Å². The van der Waals surface area contributed by atoms with E-state index in [2.05, 4.69) is 33.3 Å². The van der Waals surface area contributed by atoms with Gasteiger partial charge in [0.2, 0.25) is 0 Å². The summed E-state index contributed by atoms with van der Waals surface area (Å²) in [5, 5.41) is 16.9. The lowest BCUT2D eigenvalue weighted by Crippen LogP contribution is -2.21. The largest absolute Gasteiger partial charge is 0.395 e. The predicted octanol–water partition coefficient (Wildman–Crippen LogP) is 0.987. The number of H-pyrrole nitrogens is 1. The maximum absolute atomic E-state index is 8.80. The molecule has 4 heteroatoms. The molecule has 1 aromatic carbocycles. The lowest BCUT2D eigenvalue weighted by molar-refractivity contribution is 0.217. The summed E-state index contributed by atoms with van der Waals surface area (Å²) in [6, 6.07) is 6.24. The van der Waals surface area contributed by atoms with Crippen LogP contribution >= 0.6 is 0 Å². The number of nitrogens with zero attached hydrogens (tertiary/aromatic N) is 2. The van der Waals surface area contributed by atoms with Crippen LogP contribution in [0.3, 0.4) is 0 Å². The summed E-state index contributed by atoms with van der Waals surface area (Å²) in [7, 11) is 1.99. The van der Waals surface area contributed by atoms with Gasteiger partial charge in [-0.05, 0) is 18.7 Å². The first kappa shape index (κ1) is 10.1. The maximum Gasteiger partial charge on any atom is 0.0653 e. The van der Waals surface area contributed by atoms with Gasteiger partial charge in [0.15, 0.2) is 0 Å². The molecule has 0 amide bonds. The number of hydrogen-bond donors (Lipinski definition) is 2. The van der Waals surface area contributed by atoms with Gasteiger partial charge in [0.05, 0.1) is 18.3 Å². The van der Waals surface area contributed by atoms with Crippen molar-refractivity contribution in [2.75, 3.05) is 20.2 Å². The summed E-state index contributed by atoms with van der Waals surface area (Å²) >= 11 is 0. The Labute approximate surface area is 88.5 Å². The molecule has 2 aromatic rings. The standard InChI is InChI=1S/C11H15N3O/c1-14(4-5-15)8-9-2-3-10-7-12-13-11(10)6-9/h2-3,6-7,15H,4-5,8H2,1H3,(H,12,13). The first-order chi connectivity index (χ1) is 7.29. The summed E-state index contributed by atoms with van der Waals surface area (Å²) in [5.74, 6) is 0. The minimum atomic E-state index is 0.197. The molecule has 0 aliphatic heterocycles. The Kier molecular flexibility index (Phi) is 2.99. The zero-order chi connectivity index (χ0) is 10.7. The minimum absolute atomic E-state index is 0.197. The van der Waals surface area contributed by atoms with Crippen LogP contribution in [0, 0.1) is 0 Å². The molecule has 2 N–H and O–H groups in total. The second kappa shape index (κ2) is 4.42. The Hall–Kier alpha value is -1.39. The zero-order valence-electron chi connectivity index (χ0n) is 8.77. The summed E-state index contributed by atoms with van der Waals surface area (Å²) in [4.78, 5) is 2.08. The third-order valence-electron chi connectivity index (χ3n) is 2.44. The van der Waals surface area contributed by atoms with E-state index < -0.39 is 0 Å². The summed E-state index contributed by atoms with van der Waals surface area (Å²) in [6.07, 6.45) is 1.82. The molecule has 0 fully saturated rings. The molecule has 15 heavy (non-hydrogen) atoms. The van der Waals surface area contributed by atoms with Gasteiger partial charge in [-0.3, -0.25) is 10.00 Å². The number of aliphatic hydroxyl groups excluding tert-OH is 1. The fourth-order valence-electron chi connectivity index (χ4n) is 1.64. The Balaban J connectivity index is 2.14. The zero-order valence-corrected chi connectivity index (χ0v) is 8.77. The highest BCUT2D eigenvalue weighted by atomic mass is 16.3. The molecule has 0 unspecified atom stereocenters. The number of aliphatic hydroxyl groups is 1. The molecule has 0 radical (unpaired) electrons. The lowest BCUT2D eigenvalue weighted by Gasteiger charge is -2.14. The van der Waals surface area contributed by atoms with Gasteiger partial charge in [-0.25, -0.2) is 0 Å². The van der Waals surface area contributed by atoms with Crippen molar-refractivity contribution in [3.8, 4) is 0 Å². The Morgan fingerprint density at radius 3 is 3.13 bits per heavy atom. The number of nitrogens with one attached hydrogen (secondary N) is 1. The molecule has 0 saturated heterocycles. The predicted molar refractivity (Wildman–Crippen MR) is 59.5 cm³/mol. The second-order valence-electron chi connectivity index (χ2n) is 3.75. The van der Waals surface area contributed by atoms with E-state index in [9.17, 15) is 0 Å². The third-order valence-corrected chi connectivity index (χ3v) is 2.44. The van der Waals surface area contributed by atoms with Gasteiger partial charge in [-0.1, -0.05) is 12.1 Å². The van der Waals surface area contributed by atoms with Crippen LogP contribution in [0.15, 0.2) is 24.4 Å². The molecule has 0 saturated carbocycles. The number of likely N-dealkylation sites (N-methyl/N-ethyl adjacent to an activating group) is 1. The molecule has 0 spiro atoms. The van der Waals surface area contributed by atoms with E-state index in [-0.39, 0.29) is 6.61 Å². The van der Waals surface area contributed by atoms with E-state index in [0.29, 0.717) is 6.54 Å². The Morgan fingerprint density at radius 2 is 2.33 bits per heavy atom. The van der Waals surface area contributed by atoms with Crippen LogP contribution in [0.25, 0.3) is 10.9 Å². The molecule has 1 aromatic heterocycles. The first-order valence-electron chi connectivity index (χ1n) is 5.01. The van der Waals surface area contributed by atoms with E-state index in [4.69, 9.17) is 5.11 Å². The molecule has 0 aliphatic rings. The third kappa shape index (κ3) is 2.34. The minimum Gasteiger partial charge on any atom is -0.395 e. The van der Waals surface area contributed by atoms with Crippen LogP contribution in [-0.2, 0) is 6.54 Å². The highest BCUT2D eigenvalue weighted by Gasteiger charge is 2.01. The fourth-order valence-corrected chi connectivity index (χ4v) is 1.64. The normalized spacial score (nSPS) is 11.4. The van der Waals surface area contributed by atoms with Crippen molar-refractivity contribution in [3.63, 3.8) is 0 Å².